The molecule has 0 aromatic heterocycles. The Morgan fingerprint density at radius 1 is 1.30 bits per heavy atom. The number of amides is 1. The van der Waals surface area contributed by atoms with Gasteiger partial charge < -0.3 is 10.0 Å². The van der Waals surface area contributed by atoms with E-state index in [2.05, 4.69) is 0 Å². The molecule has 0 radical (unpaired) electrons. The third-order valence-corrected chi connectivity index (χ3v) is 2.98. The highest BCUT2D eigenvalue weighted by atomic mass is 16.6. The lowest BCUT2D eigenvalue weighted by molar-refractivity contribution is -0.385. The van der Waals surface area contributed by atoms with Crippen molar-refractivity contribution in [1.82, 2.24) is 4.90 Å². The monoisotopic (exact) mass is 280 g/mol. The van der Waals surface area contributed by atoms with E-state index in [9.17, 15) is 20.0 Å². The fourth-order valence-electron chi connectivity index (χ4n) is 2.04. The molecule has 0 unspecified atom stereocenters. The van der Waals surface area contributed by atoms with Crippen molar-refractivity contribution in [2.24, 2.45) is 0 Å². The Morgan fingerprint density at radius 3 is 2.40 bits per heavy atom. The molecule has 0 bridgehead atoms. The Balaban J connectivity index is 2.89. The van der Waals surface area contributed by atoms with E-state index in [4.69, 9.17) is 0 Å². The lowest BCUT2D eigenvalue weighted by Crippen LogP contribution is -2.33. The number of carbonyl (C=O) groups is 1. The number of nitrogens with zero attached hydrogens (tertiary/aromatic N) is 2. The molecule has 0 saturated heterocycles. The van der Waals surface area contributed by atoms with Gasteiger partial charge in [0.05, 0.1) is 11.3 Å². The molecular formula is C14H20N2O4. The van der Waals surface area contributed by atoms with Crippen LogP contribution in [0.5, 0.6) is 5.75 Å². The number of rotatable bonds is 7. The Hall–Kier alpha value is -2.11. The summed E-state index contributed by atoms with van der Waals surface area (Å²) in [4.78, 5) is 24.0. The van der Waals surface area contributed by atoms with Crippen molar-refractivity contribution in [2.45, 2.75) is 33.1 Å². The number of aromatic hydroxyl groups is 1. The second-order valence-electron chi connectivity index (χ2n) is 4.60. The van der Waals surface area contributed by atoms with Gasteiger partial charge in [0.1, 0.15) is 0 Å². The van der Waals surface area contributed by atoms with Crippen molar-refractivity contribution in [3.05, 3.63) is 33.9 Å². The van der Waals surface area contributed by atoms with Crippen LogP contribution in [0.25, 0.3) is 0 Å². The second kappa shape index (κ2) is 7.47. The number of hydrogen-bond acceptors (Lipinski definition) is 4. The molecule has 0 aliphatic rings. The summed E-state index contributed by atoms with van der Waals surface area (Å²) in [5.41, 5.74) is -0.0748. The Morgan fingerprint density at radius 2 is 1.90 bits per heavy atom. The van der Waals surface area contributed by atoms with Crippen LogP contribution in [-0.2, 0) is 11.2 Å². The number of nitro groups is 1. The van der Waals surface area contributed by atoms with E-state index in [1.165, 1.54) is 18.2 Å². The number of hydrogen-bond donors (Lipinski definition) is 1. The maximum Gasteiger partial charge on any atom is 0.311 e. The first kappa shape index (κ1) is 15.9. The van der Waals surface area contributed by atoms with Crippen LogP contribution in [0.1, 0.15) is 32.3 Å². The average molecular weight is 280 g/mol. The first-order chi connectivity index (χ1) is 9.51. The van der Waals surface area contributed by atoms with Crippen LogP contribution in [0, 0.1) is 10.1 Å². The summed E-state index contributed by atoms with van der Waals surface area (Å²) in [5, 5.41) is 20.6. The van der Waals surface area contributed by atoms with Crippen LogP contribution in [0.2, 0.25) is 0 Å². The SMILES string of the molecule is CCCN(CCC)C(=O)Cc1cccc([N+](=O)[O-])c1O. The van der Waals surface area contributed by atoms with E-state index in [-0.39, 0.29) is 18.0 Å². The van der Waals surface area contributed by atoms with Crippen molar-refractivity contribution < 1.29 is 14.8 Å². The third kappa shape index (κ3) is 3.94. The molecule has 6 nitrogen and oxygen atoms in total. The van der Waals surface area contributed by atoms with E-state index >= 15 is 0 Å². The number of phenolic OH excluding ortho intramolecular Hbond substituents is 1. The number of benzene rings is 1. The summed E-state index contributed by atoms with van der Waals surface area (Å²) in [6.45, 7) is 5.28. The molecular weight excluding hydrogens is 260 g/mol. The van der Waals surface area contributed by atoms with Crippen molar-refractivity contribution in [3.8, 4) is 5.75 Å². The average Bonchev–Trinajstić information content (AvgIpc) is 2.40. The van der Waals surface area contributed by atoms with Gasteiger partial charge in [0.25, 0.3) is 0 Å². The molecule has 1 N–H and O–H groups in total. The standard InChI is InChI=1S/C14H20N2O4/c1-3-8-15(9-4-2)13(17)10-11-6-5-7-12(14(11)18)16(19)20/h5-7,18H,3-4,8-10H2,1-2H3. The number of carbonyl (C=O) groups excluding carboxylic acids is 1. The number of nitro benzene ring substituents is 1. The van der Waals surface area contributed by atoms with E-state index in [0.717, 1.165) is 12.8 Å². The topological polar surface area (TPSA) is 83.7 Å². The van der Waals surface area contributed by atoms with Gasteiger partial charge in [0.15, 0.2) is 5.75 Å². The fourth-order valence-corrected chi connectivity index (χ4v) is 2.04. The van der Waals surface area contributed by atoms with Crippen LogP contribution in [0.15, 0.2) is 18.2 Å². The lowest BCUT2D eigenvalue weighted by Gasteiger charge is -2.21. The predicted octanol–water partition coefficient (Wildman–Crippen LogP) is 2.49. The smallest absolute Gasteiger partial charge is 0.311 e. The van der Waals surface area contributed by atoms with Crippen molar-refractivity contribution >= 4 is 11.6 Å². The first-order valence-corrected chi connectivity index (χ1v) is 6.74. The number of para-hydroxylation sites is 1. The molecule has 0 aliphatic heterocycles. The molecule has 0 heterocycles. The van der Waals surface area contributed by atoms with Gasteiger partial charge in [-0.3, -0.25) is 14.9 Å². The minimum atomic E-state index is -0.654. The fraction of sp³-hybridized carbons (Fsp3) is 0.500. The van der Waals surface area contributed by atoms with Crippen LogP contribution in [0.4, 0.5) is 5.69 Å². The third-order valence-electron chi connectivity index (χ3n) is 2.98. The number of phenols is 1. The van der Waals surface area contributed by atoms with Crippen LogP contribution in [-0.4, -0.2) is 33.9 Å². The van der Waals surface area contributed by atoms with Crippen molar-refractivity contribution in [2.75, 3.05) is 13.1 Å². The minimum absolute atomic E-state index is 0.0203. The molecule has 1 rings (SSSR count). The van der Waals surface area contributed by atoms with Gasteiger partial charge >= 0.3 is 5.69 Å². The maximum atomic E-state index is 12.2. The van der Waals surface area contributed by atoms with Crippen molar-refractivity contribution in [3.63, 3.8) is 0 Å². The summed E-state index contributed by atoms with van der Waals surface area (Å²) in [7, 11) is 0. The Labute approximate surface area is 118 Å². The zero-order chi connectivity index (χ0) is 15.1. The van der Waals surface area contributed by atoms with Gasteiger partial charge in [-0.2, -0.15) is 0 Å². The van der Waals surface area contributed by atoms with Crippen LogP contribution in [0.3, 0.4) is 0 Å². The van der Waals surface area contributed by atoms with E-state index in [0.29, 0.717) is 18.7 Å². The first-order valence-electron chi connectivity index (χ1n) is 6.74. The molecule has 0 aliphatic carbocycles. The minimum Gasteiger partial charge on any atom is -0.502 e. The van der Waals surface area contributed by atoms with Crippen LogP contribution >= 0.6 is 0 Å². The van der Waals surface area contributed by atoms with Gasteiger partial charge in [0.2, 0.25) is 5.91 Å². The van der Waals surface area contributed by atoms with E-state index < -0.39 is 10.7 Å². The van der Waals surface area contributed by atoms with Gasteiger partial charge in [0, 0.05) is 24.7 Å². The Kier molecular flexibility index (Phi) is 5.96. The van der Waals surface area contributed by atoms with E-state index in [1.807, 2.05) is 13.8 Å². The molecule has 1 amide bonds. The van der Waals surface area contributed by atoms with Crippen molar-refractivity contribution in [1.29, 1.82) is 0 Å². The lowest BCUT2D eigenvalue weighted by atomic mass is 10.1. The second-order valence-corrected chi connectivity index (χ2v) is 4.60. The van der Waals surface area contributed by atoms with Crippen LogP contribution < -0.4 is 0 Å². The highest BCUT2D eigenvalue weighted by molar-refractivity contribution is 5.80. The summed E-state index contributed by atoms with van der Waals surface area (Å²) < 4.78 is 0. The zero-order valence-corrected chi connectivity index (χ0v) is 11.8. The molecule has 20 heavy (non-hydrogen) atoms. The summed E-state index contributed by atoms with van der Waals surface area (Å²) in [6.07, 6.45) is 1.69. The highest BCUT2D eigenvalue weighted by Gasteiger charge is 2.20. The molecule has 0 atom stereocenters. The largest absolute Gasteiger partial charge is 0.502 e. The van der Waals surface area contributed by atoms with Gasteiger partial charge in [-0.1, -0.05) is 26.0 Å². The molecule has 110 valence electrons. The summed E-state index contributed by atoms with van der Waals surface area (Å²) in [6, 6.07) is 4.24. The zero-order valence-electron chi connectivity index (χ0n) is 11.8. The molecule has 0 fully saturated rings. The molecule has 1 aromatic rings. The Bertz CT molecular complexity index is 482. The summed E-state index contributed by atoms with van der Waals surface area (Å²) >= 11 is 0. The molecule has 1 aromatic carbocycles. The van der Waals surface area contributed by atoms with E-state index in [1.54, 1.807) is 4.90 Å². The van der Waals surface area contributed by atoms with Gasteiger partial charge in [-0.05, 0) is 12.8 Å². The molecule has 0 spiro atoms. The van der Waals surface area contributed by atoms with Gasteiger partial charge in [-0.15, -0.1) is 0 Å². The normalized spacial score (nSPS) is 10.3. The molecule has 0 saturated carbocycles. The predicted molar refractivity (Wildman–Crippen MR) is 75.6 cm³/mol. The highest BCUT2D eigenvalue weighted by Crippen LogP contribution is 2.29. The van der Waals surface area contributed by atoms with Gasteiger partial charge in [-0.25, -0.2) is 0 Å². The maximum absolute atomic E-state index is 12.2. The summed E-state index contributed by atoms with van der Waals surface area (Å²) in [5.74, 6) is -0.539. The quantitative estimate of drug-likeness (QED) is 0.614. The molecule has 6 heteroatoms.